The van der Waals surface area contributed by atoms with Crippen molar-refractivity contribution in [2.45, 2.75) is 32.2 Å². The van der Waals surface area contributed by atoms with E-state index in [1.54, 1.807) is 4.57 Å². The van der Waals surface area contributed by atoms with E-state index in [1.165, 1.54) is 0 Å². The molecular weight excluding hydrogens is 198 g/mol. The molecule has 0 radical (unpaired) electrons. The molecule has 1 aromatic heterocycles. The Balaban J connectivity index is 2.24. The van der Waals surface area contributed by atoms with Gasteiger partial charge >= 0.3 is 12.0 Å². The van der Waals surface area contributed by atoms with E-state index in [0.29, 0.717) is 24.5 Å². The van der Waals surface area contributed by atoms with Gasteiger partial charge in [-0.3, -0.25) is 9.36 Å². The first-order valence-electron chi connectivity index (χ1n) is 5.00. The molecule has 1 fully saturated rings. The van der Waals surface area contributed by atoms with Crippen LogP contribution in [0.1, 0.15) is 31.6 Å². The molecular formula is C9H13N3O3. The summed E-state index contributed by atoms with van der Waals surface area (Å²) in [5.41, 5.74) is 0. The van der Waals surface area contributed by atoms with E-state index in [4.69, 9.17) is 9.84 Å². The van der Waals surface area contributed by atoms with Crippen molar-refractivity contribution in [3.8, 4) is 6.01 Å². The zero-order valence-corrected chi connectivity index (χ0v) is 8.51. The number of rotatable bonds is 5. The Hall–Kier alpha value is -1.59. The summed E-state index contributed by atoms with van der Waals surface area (Å²) in [7, 11) is 0. The molecule has 6 nitrogen and oxygen atoms in total. The number of hydrogen-bond acceptors (Lipinski definition) is 4. The van der Waals surface area contributed by atoms with E-state index in [9.17, 15) is 4.79 Å². The predicted molar refractivity (Wildman–Crippen MR) is 50.8 cm³/mol. The summed E-state index contributed by atoms with van der Waals surface area (Å²) in [5, 5.41) is 16.4. The number of carboxylic acids is 1. The van der Waals surface area contributed by atoms with Crippen molar-refractivity contribution in [1.29, 1.82) is 0 Å². The number of aromatic nitrogens is 3. The highest BCUT2D eigenvalue weighted by atomic mass is 16.5. The van der Waals surface area contributed by atoms with E-state index in [-0.39, 0.29) is 6.42 Å². The van der Waals surface area contributed by atoms with Crippen LogP contribution >= 0.6 is 0 Å². The maximum atomic E-state index is 10.6. The summed E-state index contributed by atoms with van der Waals surface area (Å²) in [4.78, 5) is 10.6. The van der Waals surface area contributed by atoms with Gasteiger partial charge in [0.15, 0.2) is 0 Å². The summed E-state index contributed by atoms with van der Waals surface area (Å²) in [5.74, 6) is -0.416. The van der Waals surface area contributed by atoms with E-state index in [2.05, 4.69) is 10.2 Å². The van der Waals surface area contributed by atoms with Crippen LogP contribution in [0.4, 0.5) is 0 Å². The summed E-state index contributed by atoms with van der Waals surface area (Å²) in [6, 6.07) is 0.771. The summed E-state index contributed by atoms with van der Waals surface area (Å²) >= 11 is 0. The summed E-state index contributed by atoms with van der Waals surface area (Å²) in [6.45, 7) is 2.38. The van der Waals surface area contributed by atoms with E-state index >= 15 is 0 Å². The fraction of sp³-hybridized carbons (Fsp3) is 0.667. The number of carboxylic acid groups (broad SMARTS) is 1. The van der Waals surface area contributed by atoms with Gasteiger partial charge in [-0.2, -0.15) is 0 Å². The third kappa shape index (κ3) is 2.08. The van der Waals surface area contributed by atoms with Crippen LogP contribution in [0.25, 0.3) is 0 Å². The average Bonchev–Trinajstić information content (AvgIpc) is 2.92. The Kier molecular flexibility index (Phi) is 2.57. The molecule has 0 spiro atoms. The molecule has 1 aliphatic carbocycles. The van der Waals surface area contributed by atoms with Gasteiger partial charge in [-0.15, -0.1) is 5.10 Å². The van der Waals surface area contributed by atoms with Gasteiger partial charge in [0.1, 0.15) is 12.2 Å². The van der Waals surface area contributed by atoms with E-state index in [1.807, 2.05) is 6.92 Å². The number of hydrogen-bond donors (Lipinski definition) is 1. The molecule has 0 atom stereocenters. The van der Waals surface area contributed by atoms with Crippen LogP contribution in [0.5, 0.6) is 6.01 Å². The maximum Gasteiger partial charge on any atom is 0.317 e. The lowest BCUT2D eigenvalue weighted by Gasteiger charge is -2.06. The second-order valence-electron chi connectivity index (χ2n) is 3.50. The SMILES string of the molecule is CCOc1nnc(CC(=O)O)n1C1CC1. The lowest BCUT2D eigenvalue weighted by molar-refractivity contribution is -0.136. The third-order valence-electron chi connectivity index (χ3n) is 2.23. The minimum absolute atomic E-state index is 0.101. The number of aliphatic carboxylic acids is 1. The highest BCUT2D eigenvalue weighted by Crippen LogP contribution is 2.38. The maximum absolute atomic E-state index is 10.6. The molecule has 0 aromatic carbocycles. The number of carbonyl (C=O) groups is 1. The van der Waals surface area contributed by atoms with Crippen LogP contribution < -0.4 is 4.74 Å². The topological polar surface area (TPSA) is 77.2 Å². The fourth-order valence-electron chi connectivity index (χ4n) is 1.49. The van der Waals surface area contributed by atoms with E-state index < -0.39 is 5.97 Å². The molecule has 15 heavy (non-hydrogen) atoms. The zero-order chi connectivity index (χ0) is 10.8. The van der Waals surface area contributed by atoms with Gasteiger partial charge in [0.25, 0.3) is 0 Å². The molecule has 1 aliphatic rings. The lowest BCUT2D eigenvalue weighted by atomic mass is 10.4. The first-order valence-corrected chi connectivity index (χ1v) is 5.00. The Bertz CT molecular complexity index is 371. The van der Waals surface area contributed by atoms with Crippen molar-refractivity contribution in [1.82, 2.24) is 14.8 Å². The summed E-state index contributed by atoms with van der Waals surface area (Å²) in [6.07, 6.45) is 1.99. The molecule has 1 saturated carbocycles. The Morgan fingerprint density at radius 1 is 1.60 bits per heavy atom. The molecule has 6 heteroatoms. The molecule has 0 bridgehead atoms. The van der Waals surface area contributed by atoms with Gasteiger partial charge in [0, 0.05) is 6.04 Å². The van der Waals surface area contributed by atoms with Gasteiger partial charge in [0.05, 0.1) is 6.61 Å². The first-order chi connectivity index (χ1) is 7.22. The van der Waals surface area contributed by atoms with Crippen molar-refractivity contribution in [2.24, 2.45) is 0 Å². The molecule has 1 heterocycles. The van der Waals surface area contributed by atoms with Crippen LogP contribution in [0, 0.1) is 0 Å². The number of ether oxygens (including phenoxy) is 1. The largest absolute Gasteiger partial charge is 0.481 e. The van der Waals surface area contributed by atoms with Gasteiger partial charge in [-0.25, -0.2) is 0 Å². The highest BCUT2D eigenvalue weighted by molar-refractivity contribution is 5.69. The van der Waals surface area contributed by atoms with Crippen molar-refractivity contribution in [2.75, 3.05) is 6.61 Å². The lowest BCUT2D eigenvalue weighted by Crippen LogP contribution is -2.10. The molecule has 1 aromatic rings. The van der Waals surface area contributed by atoms with Crippen molar-refractivity contribution in [3.63, 3.8) is 0 Å². The number of nitrogens with zero attached hydrogens (tertiary/aromatic N) is 3. The molecule has 0 amide bonds. The smallest absolute Gasteiger partial charge is 0.317 e. The van der Waals surface area contributed by atoms with Gasteiger partial charge in [-0.05, 0) is 19.8 Å². The standard InChI is InChI=1S/C9H13N3O3/c1-2-15-9-11-10-7(5-8(13)14)12(9)6-3-4-6/h6H,2-5H2,1H3,(H,13,14). The molecule has 0 aliphatic heterocycles. The molecule has 2 rings (SSSR count). The van der Waals surface area contributed by atoms with E-state index in [0.717, 1.165) is 12.8 Å². The highest BCUT2D eigenvalue weighted by Gasteiger charge is 2.30. The van der Waals surface area contributed by atoms with Gasteiger partial charge in [-0.1, -0.05) is 5.10 Å². The monoisotopic (exact) mass is 211 g/mol. The van der Waals surface area contributed by atoms with Gasteiger partial charge in [0.2, 0.25) is 0 Å². The molecule has 0 saturated heterocycles. The molecule has 1 N–H and O–H groups in total. The minimum Gasteiger partial charge on any atom is -0.481 e. The predicted octanol–water partition coefficient (Wildman–Crippen LogP) is 0.639. The Morgan fingerprint density at radius 2 is 2.33 bits per heavy atom. The second kappa shape index (κ2) is 3.88. The Morgan fingerprint density at radius 3 is 2.87 bits per heavy atom. The van der Waals surface area contributed by atoms with Crippen LogP contribution in [0.2, 0.25) is 0 Å². The van der Waals surface area contributed by atoms with Crippen LogP contribution in [0.3, 0.4) is 0 Å². The second-order valence-corrected chi connectivity index (χ2v) is 3.50. The van der Waals surface area contributed by atoms with Crippen molar-refractivity contribution >= 4 is 5.97 Å². The van der Waals surface area contributed by atoms with Crippen molar-refractivity contribution in [3.05, 3.63) is 5.82 Å². The fourth-order valence-corrected chi connectivity index (χ4v) is 1.49. The van der Waals surface area contributed by atoms with Crippen LogP contribution in [-0.2, 0) is 11.2 Å². The third-order valence-corrected chi connectivity index (χ3v) is 2.23. The zero-order valence-electron chi connectivity index (χ0n) is 8.51. The first kappa shape index (κ1) is 9.95. The Labute approximate surface area is 86.9 Å². The average molecular weight is 211 g/mol. The van der Waals surface area contributed by atoms with Crippen LogP contribution in [-0.4, -0.2) is 32.4 Å². The quantitative estimate of drug-likeness (QED) is 0.773. The molecule has 0 unspecified atom stereocenters. The van der Waals surface area contributed by atoms with Crippen LogP contribution in [0.15, 0.2) is 0 Å². The molecule has 82 valence electrons. The van der Waals surface area contributed by atoms with Crippen molar-refractivity contribution < 1.29 is 14.6 Å². The normalized spacial score (nSPS) is 15.3. The van der Waals surface area contributed by atoms with Gasteiger partial charge < -0.3 is 9.84 Å². The summed E-state index contributed by atoms with van der Waals surface area (Å²) < 4.78 is 7.10. The minimum atomic E-state index is -0.896.